The summed E-state index contributed by atoms with van der Waals surface area (Å²) in [5.74, 6) is 0.325. The molecule has 0 saturated carbocycles. The fourth-order valence-electron chi connectivity index (χ4n) is 2.21. The van der Waals surface area contributed by atoms with Crippen LogP contribution in [0.5, 0.6) is 0 Å². The zero-order chi connectivity index (χ0) is 9.54. The van der Waals surface area contributed by atoms with Crippen LogP contribution in [-0.2, 0) is 4.79 Å². The van der Waals surface area contributed by atoms with Gasteiger partial charge in [0.25, 0.3) is 0 Å². The largest absolute Gasteiger partial charge is 0.303 e. The summed E-state index contributed by atoms with van der Waals surface area (Å²) in [6.45, 7) is 0. The minimum atomic E-state index is 0.111. The van der Waals surface area contributed by atoms with Gasteiger partial charge in [0.2, 0.25) is 5.91 Å². The van der Waals surface area contributed by atoms with Crippen LogP contribution >= 0.6 is 0 Å². The van der Waals surface area contributed by atoms with Gasteiger partial charge in [0.1, 0.15) is 0 Å². The first-order valence-corrected chi connectivity index (χ1v) is 4.78. The Bertz CT molecular complexity index is 399. The molecule has 2 aliphatic rings. The van der Waals surface area contributed by atoms with E-state index in [1.54, 1.807) is 12.4 Å². The van der Waals surface area contributed by atoms with Gasteiger partial charge in [0, 0.05) is 6.20 Å². The second-order valence-corrected chi connectivity index (χ2v) is 3.71. The molecule has 2 atom stereocenters. The summed E-state index contributed by atoms with van der Waals surface area (Å²) in [7, 11) is 0. The van der Waals surface area contributed by atoms with Gasteiger partial charge >= 0.3 is 0 Å². The lowest BCUT2D eigenvalue weighted by Crippen LogP contribution is -2.34. The van der Waals surface area contributed by atoms with E-state index in [1.165, 1.54) is 0 Å². The maximum absolute atomic E-state index is 11.8. The number of fused-ring (bicyclic) bond motifs is 2. The van der Waals surface area contributed by atoms with Crippen LogP contribution in [-0.4, -0.2) is 16.9 Å². The second kappa shape index (κ2) is 2.67. The van der Waals surface area contributed by atoms with Crippen LogP contribution in [0.3, 0.4) is 0 Å². The zero-order valence-corrected chi connectivity index (χ0v) is 7.63. The number of hydrogen-bond acceptors (Lipinski definition) is 2. The lowest BCUT2D eigenvalue weighted by molar-refractivity contribution is -0.119. The smallest absolute Gasteiger partial charge is 0.234 e. The predicted molar refractivity (Wildman–Crippen MR) is 52.8 cm³/mol. The molecule has 0 N–H and O–H groups in total. The molecule has 14 heavy (non-hydrogen) atoms. The average molecular weight is 186 g/mol. The molecule has 3 heteroatoms. The Balaban J connectivity index is 2.01. The molecule has 1 aromatic heterocycles. The highest BCUT2D eigenvalue weighted by atomic mass is 16.2. The van der Waals surface area contributed by atoms with Gasteiger partial charge in [0.15, 0.2) is 0 Å². The molecule has 2 heterocycles. The minimum Gasteiger partial charge on any atom is -0.303 e. The summed E-state index contributed by atoms with van der Waals surface area (Å²) in [5.41, 5.74) is 0.911. The van der Waals surface area contributed by atoms with E-state index >= 15 is 0 Å². The van der Waals surface area contributed by atoms with Crippen LogP contribution in [0, 0.1) is 5.92 Å². The standard InChI is InChI=1S/C11H10N2O/c14-11-8-3-4-9(6-8)13(11)10-2-1-5-12-7-10/h1-5,7-9H,6H2/t8-,9+/m0/s1. The second-order valence-electron chi connectivity index (χ2n) is 3.71. The number of nitrogens with zero attached hydrogens (tertiary/aromatic N) is 2. The summed E-state index contributed by atoms with van der Waals surface area (Å²) < 4.78 is 0. The maximum atomic E-state index is 11.8. The first kappa shape index (κ1) is 7.74. The zero-order valence-electron chi connectivity index (χ0n) is 7.63. The summed E-state index contributed by atoms with van der Waals surface area (Å²) in [4.78, 5) is 17.7. The third-order valence-corrected chi connectivity index (χ3v) is 2.87. The van der Waals surface area contributed by atoms with Crippen molar-refractivity contribution >= 4 is 11.6 Å². The van der Waals surface area contributed by atoms with Crippen LogP contribution in [0.25, 0.3) is 0 Å². The predicted octanol–water partition coefficient (Wildman–Crippen LogP) is 1.37. The third-order valence-electron chi connectivity index (χ3n) is 2.87. The van der Waals surface area contributed by atoms with Crippen LogP contribution in [0.2, 0.25) is 0 Å². The van der Waals surface area contributed by atoms with E-state index in [4.69, 9.17) is 0 Å². The fraction of sp³-hybridized carbons (Fsp3) is 0.273. The van der Waals surface area contributed by atoms with E-state index in [0.29, 0.717) is 0 Å². The first-order chi connectivity index (χ1) is 6.86. The Labute approximate surface area is 82.1 Å². The molecule has 0 aromatic carbocycles. The Morgan fingerprint density at radius 2 is 2.36 bits per heavy atom. The molecule has 3 nitrogen and oxygen atoms in total. The minimum absolute atomic E-state index is 0.111. The van der Waals surface area contributed by atoms with Crippen LogP contribution in [0.1, 0.15) is 6.42 Å². The summed E-state index contributed by atoms with van der Waals surface area (Å²) in [5, 5.41) is 0. The quantitative estimate of drug-likeness (QED) is 0.621. The van der Waals surface area contributed by atoms with E-state index in [9.17, 15) is 4.79 Å². The van der Waals surface area contributed by atoms with Gasteiger partial charge in [0.05, 0.1) is 23.8 Å². The van der Waals surface area contributed by atoms with Crippen molar-refractivity contribution in [1.29, 1.82) is 0 Å². The van der Waals surface area contributed by atoms with Gasteiger partial charge < -0.3 is 4.90 Å². The highest BCUT2D eigenvalue weighted by Crippen LogP contribution is 2.35. The molecule has 1 fully saturated rings. The van der Waals surface area contributed by atoms with Crippen LogP contribution in [0.4, 0.5) is 5.69 Å². The van der Waals surface area contributed by atoms with E-state index in [1.807, 2.05) is 23.1 Å². The summed E-state index contributed by atoms with van der Waals surface area (Å²) in [6, 6.07) is 4.05. The number of amides is 1. The van der Waals surface area contributed by atoms with Gasteiger partial charge in [-0.05, 0) is 18.6 Å². The number of pyridine rings is 1. The molecular weight excluding hydrogens is 176 g/mol. The molecule has 0 radical (unpaired) electrons. The Morgan fingerprint density at radius 1 is 1.43 bits per heavy atom. The molecule has 0 unspecified atom stereocenters. The lowest BCUT2D eigenvalue weighted by atomic mass is 10.1. The van der Waals surface area contributed by atoms with Crippen molar-refractivity contribution in [2.45, 2.75) is 12.5 Å². The van der Waals surface area contributed by atoms with Crippen molar-refractivity contribution in [3.05, 3.63) is 36.7 Å². The molecule has 0 spiro atoms. The monoisotopic (exact) mass is 186 g/mol. The molecule has 2 bridgehead atoms. The molecular formula is C11H10N2O. The lowest BCUT2D eigenvalue weighted by Gasteiger charge is -2.23. The highest BCUT2D eigenvalue weighted by molar-refractivity contribution is 6.00. The van der Waals surface area contributed by atoms with Gasteiger partial charge in [-0.1, -0.05) is 12.2 Å². The molecule has 70 valence electrons. The summed E-state index contributed by atoms with van der Waals surface area (Å²) in [6.07, 6.45) is 8.53. The molecule has 1 saturated heterocycles. The molecule has 3 rings (SSSR count). The van der Waals surface area contributed by atoms with E-state index in [2.05, 4.69) is 11.1 Å². The van der Waals surface area contributed by atoms with Crippen LogP contribution in [0.15, 0.2) is 36.7 Å². The maximum Gasteiger partial charge on any atom is 0.234 e. The molecule has 1 aliphatic carbocycles. The highest BCUT2D eigenvalue weighted by Gasteiger charge is 2.41. The van der Waals surface area contributed by atoms with Crippen molar-refractivity contribution in [3.8, 4) is 0 Å². The van der Waals surface area contributed by atoms with Gasteiger partial charge in [-0.2, -0.15) is 0 Å². The number of aromatic nitrogens is 1. The first-order valence-electron chi connectivity index (χ1n) is 4.78. The normalized spacial score (nSPS) is 28.9. The number of rotatable bonds is 1. The Kier molecular flexibility index (Phi) is 1.48. The van der Waals surface area contributed by atoms with Crippen molar-refractivity contribution < 1.29 is 4.79 Å². The van der Waals surface area contributed by atoms with Gasteiger partial charge in [-0.25, -0.2) is 0 Å². The van der Waals surface area contributed by atoms with Gasteiger partial charge in [-0.3, -0.25) is 9.78 Å². The Morgan fingerprint density at radius 3 is 3.00 bits per heavy atom. The van der Waals surface area contributed by atoms with Gasteiger partial charge in [-0.15, -0.1) is 0 Å². The SMILES string of the molecule is O=C1[C@H]2C=C[C@H](C2)N1c1cccnc1. The third kappa shape index (κ3) is 0.923. The molecule has 1 amide bonds. The van der Waals surface area contributed by atoms with E-state index in [0.717, 1.165) is 12.1 Å². The van der Waals surface area contributed by atoms with Crippen molar-refractivity contribution in [1.82, 2.24) is 4.98 Å². The Hall–Kier alpha value is -1.64. The number of carbonyl (C=O) groups is 1. The fourth-order valence-corrected chi connectivity index (χ4v) is 2.21. The van der Waals surface area contributed by atoms with E-state index < -0.39 is 0 Å². The van der Waals surface area contributed by atoms with Crippen molar-refractivity contribution in [2.75, 3.05) is 4.90 Å². The number of hydrogen-bond donors (Lipinski definition) is 0. The van der Waals surface area contributed by atoms with E-state index in [-0.39, 0.29) is 17.9 Å². The van der Waals surface area contributed by atoms with Crippen LogP contribution < -0.4 is 4.90 Å². The topological polar surface area (TPSA) is 33.2 Å². The summed E-state index contributed by atoms with van der Waals surface area (Å²) >= 11 is 0. The van der Waals surface area contributed by atoms with Crippen molar-refractivity contribution in [2.24, 2.45) is 5.92 Å². The average Bonchev–Trinajstić information content (AvgIpc) is 2.79. The van der Waals surface area contributed by atoms with Crippen molar-refractivity contribution in [3.63, 3.8) is 0 Å². The number of anilines is 1. The molecule has 1 aromatic rings. The number of carbonyl (C=O) groups excluding carboxylic acids is 1. The molecule has 1 aliphatic heterocycles.